The molecule has 8 nitrogen and oxygen atoms in total. The molecule has 2 aliphatic carbocycles. The van der Waals surface area contributed by atoms with Gasteiger partial charge in [0.1, 0.15) is 5.41 Å². The molecule has 2 aliphatic heterocycles. The van der Waals surface area contributed by atoms with Crippen molar-refractivity contribution in [3.8, 4) is 0 Å². The zero-order valence-corrected chi connectivity index (χ0v) is 24.7. The summed E-state index contributed by atoms with van der Waals surface area (Å²) in [6, 6.07) is 7.72. The Morgan fingerprint density at radius 1 is 1.14 bits per heavy atom. The molecule has 2 saturated heterocycles. The van der Waals surface area contributed by atoms with Gasteiger partial charge in [-0.05, 0) is 67.9 Å². The van der Waals surface area contributed by atoms with Crippen LogP contribution in [-0.2, 0) is 35.1 Å². The van der Waals surface area contributed by atoms with Crippen molar-refractivity contribution in [2.75, 3.05) is 0 Å². The standard InChI is InChI=1S/C34H38N2O6/c1-18-9-8-11-24-31-33(5,42-31)20(3)29-26(16-22-17-35-25-12-7-6-10-23(22)25)36-32(40)34(24,29)28(39)14-13-27(38)30(19(2)15-18)41-21(4)37/h6-8,10-15,17-18,20,24,26,29-31,35H,9,16H2,1-5H3,(H,36,40)/b11-8+,14-13+,19-15-/t18-,20-,24-,26-,29-,30?,31-,33+,34+/m0/s1. The molecule has 42 heavy (non-hydrogen) atoms. The first-order valence-electron chi connectivity index (χ1n) is 14.8. The van der Waals surface area contributed by atoms with Gasteiger partial charge in [-0.2, -0.15) is 0 Å². The quantitative estimate of drug-likeness (QED) is 0.244. The molecule has 6 rings (SSSR count). The molecule has 1 unspecified atom stereocenters. The highest BCUT2D eigenvalue weighted by molar-refractivity contribution is 6.15. The summed E-state index contributed by atoms with van der Waals surface area (Å²) in [4.78, 5) is 57.2. The number of nitrogens with one attached hydrogen (secondary N) is 2. The lowest BCUT2D eigenvalue weighted by atomic mass is 9.51. The predicted molar refractivity (Wildman–Crippen MR) is 157 cm³/mol. The second-order valence-corrected chi connectivity index (χ2v) is 12.7. The Hall–Kier alpha value is -3.78. The lowest BCUT2D eigenvalue weighted by Crippen LogP contribution is -2.58. The Bertz CT molecular complexity index is 1570. The molecule has 1 amide bonds. The van der Waals surface area contributed by atoms with Crippen LogP contribution in [0.2, 0.25) is 0 Å². The monoisotopic (exact) mass is 570 g/mol. The van der Waals surface area contributed by atoms with E-state index in [0.29, 0.717) is 18.4 Å². The van der Waals surface area contributed by atoms with Crippen LogP contribution in [0.5, 0.6) is 0 Å². The second-order valence-electron chi connectivity index (χ2n) is 12.7. The maximum absolute atomic E-state index is 14.4. The summed E-state index contributed by atoms with van der Waals surface area (Å²) in [5, 5.41) is 4.32. The van der Waals surface area contributed by atoms with Crippen LogP contribution >= 0.6 is 0 Å². The number of amides is 1. The van der Waals surface area contributed by atoms with E-state index >= 15 is 0 Å². The minimum Gasteiger partial charge on any atom is -0.450 e. The van der Waals surface area contributed by atoms with Gasteiger partial charge in [-0.1, -0.05) is 50.3 Å². The van der Waals surface area contributed by atoms with Crippen LogP contribution < -0.4 is 5.32 Å². The minimum absolute atomic E-state index is 0.0281. The highest BCUT2D eigenvalue weighted by Gasteiger charge is 2.78. The van der Waals surface area contributed by atoms with E-state index in [1.54, 1.807) is 6.92 Å². The molecule has 220 valence electrons. The van der Waals surface area contributed by atoms with E-state index in [0.717, 1.165) is 16.5 Å². The van der Waals surface area contributed by atoms with Crippen LogP contribution in [0.15, 0.2) is 66.4 Å². The maximum atomic E-state index is 14.4. The van der Waals surface area contributed by atoms with E-state index in [9.17, 15) is 19.2 Å². The molecule has 0 bridgehead atoms. The number of fused-ring (bicyclic) bond motifs is 3. The fraction of sp³-hybridized carbons (Fsp3) is 0.471. The number of hydrogen-bond donors (Lipinski definition) is 2. The molecule has 2 aromatic rings. The predicted octanol–water partition coefficient (Wildman–Crippen LogP) is 4.40. The molecule has 3 heterocycles. The van der Waals surface area contributed by atoms with Gasteiger partial charge in [-0.3, -0.25) is 19.2 Å². The van der Waals surface area contributed by atoms with Crippen LogP contribution in [0.25, 0.3) is 10.9 Å². The number of hydrogen-bond acceptors (Lipinski definition) is 6. The topological polar surface area (TPSA) is 118 Å². The highest BCUT2D eigenvalue weighted by atomic mass is 16.6. The average Bonchev–Trinajstić information content (AvgIpc) is 3.35. The van der Waals surface area contributed by atoms with Gasteiger partial charge >= 0.3 is 5.97 Å². The number of benzene rings is 1. The third kappa shape index (κ3) is 4.30. The lowest BCUT2D eigenvalue weighted by Gasteiger charge is -2.45. The molecule has 1 saturated carbocycles. The highest BCUT2D eigenvalue weighted by Crippen LogP contribution is 2.66. The number of para-hydroxylation sites is 1. The number of epoxide rings is 1. The summed E-state index contributed by atoms with van der Waals surface area (Å²) >= 11 is 0. The Labute approximate surface area is 245 Å². The van der Waals surface area contributed by atoms with Gasteiger partial charge in [-0.25, -0.2) is 0 Å². The number of carbonyl (C=O) groups is 4. The van der Waals surface area contributed by atoms with Gasteiger partial charge in [0.2, 0.25) is 11.7 Å². The zero-order chi connectivity index (χ0) is 30.0. The summed E-state index contributed by atoms with van der Waals surface area (Å²) in [6.45, 7) is 9.17. The normalized spacial score (nSPS) is 40.6. The number of aromatic nitrogens is 1. The molecule has 1 spiro atoms. The molecule has 4 aliphatic rings. The molecule has 2 N–H and O–H groups in total. The van der Waals surface area contributed by atoms with Gasteiger partial charge in [-0.15, -0.1) is 0 Å². The number of ether oxygens (including phenoxy) is 2. The van der Waals surface area contributed by atoms with Gasteiger partial charge < -0.3 is 19.8 Å². The molecule has 1 aromatic carbocycles. The molecule has 3 fully saturated rings. The van der Waals surface area contributed by atoms with Crippen molar-refractivity contribution in [3.05, 3.63) is 72.0 Å². The van der Waals surface area contributed by atoms with Gasteiger partial charge in [0.15, 0.2) is 11.9 Å². The fourth-order valence-electron chi connectivity index (χ4n) is 7.97. The average molecular weight is 571 g/mol. The molecule has 9 atom stereocenters. The summed E-state index contributed by atoms with van der Waals surface area (Å²) in [7, 11) is 0. The van der Waals surface area contributed by atoms with Crippen LogP contribution in [0.1, 0.15) is 46.6 Å². The number of ketones is 2. The Balaban J connectivity index is 1.45. The lowest BCUT2D eigenvalue weighted by molar-refractivity contribution is -0.149. The van der Waals surface area contributed by atoms with Crippen molar-refractivity contribution in [1.29, 1.82) is 0 Å². The van der Waals surface area contributed by atoms with Crippen LogP contribution in [0.4, 0.5) is 0 Å². The largest absolute Gasteiger partial charge is 0.450 e. The number of esters is 1. The van der Waals surface area contributed by atoms with Crippen molar-refractivity contribution in [2.45, 2.75) is 71.3 Å². The van der Waals surface area contributed by atoms with E-state index in [2.05, 4.69) is 30.2 Å². The first-order chi connectivity index (χ1) is 20.0. The third-order valence-corrected chi connectivity index (χ3v) is 10.1. The zero-order valence-electron chi connectivity index (χ0n) is 24.7. The third-order valence-electron chi connectivity index (χ3n) is 10.1. The number of allylic oxidation sites excluding steroid dienone is 3. The van der Waals surface area contributed by atoms with E-state index in [-0.39, 0.29) is 35.8 Å². The Morgan fingerprint density at radius 3 is 2.67 bits per heavy atom. The van der Waals surface area contributed by atoms with Gasteiger partial charge in [0.25, 0.3) is 0 Å². The Kier molecular flexibility index (Phi) is 6.88. The van der Waals surface area contributed by atoms with Gasteiger partial charge in [0, 0.05) is 41.9 Å². The van der Waals surface area contributed by atoms with Crippen LogP contribution in [0.3, 0.4) is 0 Å². The summed E-state index contributed by atoms with van der Waals surface area (Å²) in [5.74, 6) is -2.80. The molecular weight excluding hydrogens is 532 g/mol. The van der Waals surface area contributed by atoms with Crippen molar-refractivity contribution < 1.29 is 28.7 Å². The van der Waals surface area contributed by atoms with E-state index in [4.69, 9.17) is 9.47 Å². The summed E-state index contributed by atoms with van der Waals surface area (Å²) < 4.78 is 11.7. The maximum Gasteiger partial charge on any atom is 0.303 e. The number of H-pyrrole nitrogens is 1. The van der Waals surface area contributed by atoms with Gasteiger partial charge in [0.05, 0.1) is 11.7 Å². The first kappa shape index (κ1) is 28.3. The fourth-order valence-corrected chi connectivity index (χ4v) is 7.97. The number of carbonyl (C=O) groups excluding carboxylic acids is 4. The minimum atomic E-state index is -1.44. The second kappa shape index (κ2) is 10.2. The van der Waals surface area contributed by atoms with E-state index in [1.165, 1.54) is 19.1 Å². The number of rotatable bonds is 3. The summed E-state index contributed by atoms with van der Waals surface area (Å²) in [6.07, 6.45) is 10.1. The molecule has 8 heteroatoms. The first-order valence-corrected chi connectivity index (χ1v) is 14.8. The van der Waals surface area contributed by atoms with Crippen molar-refractivity contribution in [1.82, 2.24) is 10.3 Å². The van der Waals surface area contributed by atoms with Crippen molar-refractivity contribution in [2.24, 2.45) is 29.1 Å². The SMILES string of the molecule is CC(=O)OC1C(=O)/C=C/C(=O)[C@@]23C(=O)N[C@@H](Cc4c[nH]c5ccccc45)[C@@H]2[C@H](C)[C@@]2(C)O[C@H]2[C@@H]3/C=C/C[C@H](C)/C=C\1C. The number of aromatic amines is 1. The Morgan fingerprint density at radius 2 is 1.90 bits per heavy atom. The van der Waals surface area contributed by atoms with E-state index in [1.807, 2.05) is 49.5 Å². The van der Waals surface area contributed by atoms with Crippen molar-refractivity contribution >= 4 is 34.3 Å². The smallest absolute Gasteiger partial charge is 0.303 e. The molecule has 0 radical (unpaired) electrons. The summed E-state index contributed by atoms with van der Waals surface area (Å²) in [5.41, 5.74) is 0.774. The van der Waals surface area contributed by atoms with Crippen molar-refractivity contribution in [3.63, 3.8) is 0 Å². The van der Waals surface area contributed by atoms with Crippen LogP contribution in [0, 0.1) is 29.1 Å². The molecular formula is C34H38N2O6. The van der Waals surface area contributed by atoms with E-state index < -0.39 is 40.6 Å². The molecule has 1 aromatic heterocycles. The van der Waals surface area contributed by atoms with Crippen LogP contribution in [-0.4, -0.2) is 52.3 Å².